The van der Waals surface area contributed by atoms with E-state index in [0.29, 0.717) is 50.8 Å². The molecular weight excluding hydrogens is 477 g/mol. The number of nitrogens with zero attached hydrogens (tertiary/aromatic N) is 3. The molecule has 2 aromatic heterocycles. The largest absolute Gasteiger partial charge is 0.472 e. The van der Waals surface area contributed by atoms with Gasteiger partial charge in [-0.25, -0.2) is 18.2 Å². The van der Waals surface area contributed by atoms with Crippen LogP contribution in [0.2, 0.25) is 0 Å². The number of pyridine rings is 1. The second-order valence-electron chi connectivity index (χ2n) is 9.61. The average molecular weight is 511 g/mol. The van der Waals surface area contributed by atoms with Crippen LogP contribution in [0.5, 0.6) is 11.8 Å². The van der Waals surface area contributed by atoms with Gasteiger partial charge in [-0.3, -0.25) is 4.79 Å². The van der Waals surface area contributed by atoms with E-state index in [1.165, 1.54) is 0 Å². The Hall–Kier alpha value is -2.82. The monoisotopic (exact) mass is 510 g/mol. The number of hydrogen-bond acceptors (Lipinski definition) is 7. The van der Waals surface area contributed by atoms with E-state index in [1.54, 1.807) is 19.1 Å². The third-order valence-corrected chi connectivity index (χ3v) is 6.84. The van der Waals surface area contributed by atoms with Gasteiger partial charge >= 0.3 is 0 Å². The molecule has 1 amide bonds. The lowest BCUT2D eigenvalue weighted by atomic mass is 9.81. The molecule has 0 aromatic carbocycles. The summed E-state index contributed by atoms with van der Waals surface area (Å²) < 4.78 is 55.5. The first kappa shape index (κ1) is 26.2. The number of rotatable bonds is 10. The van der Waals surface area contributed by atoms with E-state index in [-0.39, 0.29) is 30.3 Å². The first-order valence-corrected chi connectivity index (χ1v) is 12.4. The van der Waals surface area contributed by atoms with Crippen LogP contribution in [0.25, 0.3) is 0 Å². The standard InChI is InChI=1S/C25H33F3N4O4/c1-17-14-24(31-36-17)35-16-22(33)29-19-4-8-25(28,9-5-19)10-13-32-11-6-18-2-3-23(34-15-21(26)27)30-20(18)7-12-32/h2-3,14,19,21H,4-13,15-16H2,1H3,(H,29,33). The minimum atomic E-state index is -2.54. The molecule has 0 unspecified atom stereocenters. The summed E-state index contributed by atoms with van der Waals surface area (Å²) in [5, 5.41) is 6.60. The number of ether oxygens (including phenoxy) is 2. The van der Waals surface area contributed by atoms with E-state index in [9.17, 15) is 13.6 Å². The van der Waals surface area contributed by atoms with Crippen LogP contribution in [-0.4, -0.2) is 71.9 Å². The molecule has 1 aliphatic carbocycles. The van der Waals surface area contributed by atoms with E-state index in [2.05, 4.69) is 20.4 Å². The van der Waals surface area contributed by atoms with E-state index < -0.39 is 18.7 Å². The molecule has 0 spiro atoms. The molecular formula is C25H33F3N4O4. The number of aryl methyl sites for hydroxylation is 1. The Morgan fingerprint density at radius 2 is 2.00 bits per heavy atom. The third kappa shape index (κ3) is 7.59. The van der Waals surface area contributed by atoms with Gasteiger partial charge in [-0.1, -0.05) is 6.07 Å². The highest BCUT2D eigenvalue weighted by molar-refractivity contribution is 5.77. The zero-order valence-corrected chi connectivity index (χ0v) is 20.5. The SMILES string of the molecule is Cc1cc(OCC(=O)NC2CCC(F)(CCN3CCc4ccc(OCC(F)F)nc4CC3)CC2)no1. The first-order valence-electron chi connectivity index (χ1n) is 12.4. The van der Waals surface area contributed by atoms with Crippen LogP contribution in [0, 0.1) is 6.92 Å². The number of fused-ring (bicyclic) bond motifs is 1. The van der Waals surface area contributed by atoms with Crippen LogP contribution in [0.1, 0.15) is 49.1 Å². The van der Waals surface area contributed by atoms with E-state index in [4.69, 9.17) is 14.0 Å². The van der Waals surface area contributed by atoms with Gasteiger partial charge in [0.2, 0.25) is 5.88 Å². The van der Waals surface area contributed by atoms with Crippen LogP contribution in [-0.2, 0) is 17.6 Å². The summed E-state index contributed by atoms with van der Waals surface area (Å²) in [6.45, 7) is 3.08. The van der Waals surface area contributed by atoms with Crippen LogP contribution in [0.4, 0.5) is 13.2 Å². The van der Waals surface area contributed by atoms with Crippen LogP contribution >= 0.6 is 0 Å². The zero-order valence-electron chi connectivity index (χ0n) is 20.5. The predicted octanol–water partition coefficient (Wildman–Crippen LogP) is 3.66. The Morgan fingerprint density at radius 1 is 1.22 bits per heavy atom. The van der Waals surface area contributed by atoms with Crippen LogP contribution in [0.3, 0.4) is 0 Å². The van der Waals surface area contributed by atoms with Crippen molar-refractivity contribution >= 4 is 5.91 Å². The molecule has 198 valence electrons. The number of amides is 1. The lowest BCUT2D eigenvalue weighted by Crippen LogP contribution is -2.44. The Bertz CT molecular complexity index is 1010. The molecule has 2 aromatic rings. The van der Waals surface area contributed by atoms with E-state index >= 15 is 4.39 Å². The van der Waals surface area contributed by atoms with E-state index in [0.717, 1.165) is 30.8 Å². The van der Waals surface area contributed by atoms with Crippen molar-refractivity contribution in [3.8, 4) is 11.8 Å². The minimum absolute atomic E-state index is 0.0655. The van der Waals surface area contributed by atoms with Crippen molar-refractivity contribution in [2.24, 2.45) is 0 Å². The summed E-state index contributed by atoms with van der Waals surface area (Å²) in [6.07, 6.45) is 1.33. The molecule has 3 heterocycles. The minimum Gasteiger partial charge on any atom is -0.472 e. The molecule has 11 heteroatoms. The van der Waals surface area contributed by atoms with Crippen molar-refractivity contribution in [2.45, 2.75) is 70.0 Å². The van der Waals surface area contributed by atoms with Gasteiger partial charge in [0.25, 0.3) is 18.2 Å². The molecule has 1 N–H and O–H groups in total. The zero-order chi connectivity index (χ0) is 25.5. The summed E-state index contributed by atoms with van der Waals surface area (Å²) in [4.78, 5) is 18.8. The maximum atomic E-state index is 15.5. The van der Waals surface area contributed by atoms with Gasteiger partial charge in [0.05, 0.1) is 0 Å². The molecule has 8 nitrogen and oxygen atoms in total. The van der Waals surface area contributed by atoms with Crippen LogP contribution < -0.4 is 14.8 Å². The van der Waals surface area contributed by atoms with Crippen molar-refractivity contribution in [1.82, 2.24) is 20.4 Å². The molecule has 0 bridgehead atoms. The fourth-order valence-corrected chi connectivity index (χ4v) is 4.77. The van der Waals surface area contributed by atoms with Gasteiger partial charge in [0, 0.05) is 49.9 Å². The fourth-order valence-electron chi connectivity index (χ4n) is 4.77. The Balaban J connectivity index is 1.17. The predicted molar refractivity (Wildman–Crippen MR) is 125 cm³/mol. The number of aromatic nitrogens is 2. The summed E-state index contributed by atoms with van der Waals surface area (Å²) in [5.41, 5.74) is 0.692. The van der Waals surface area contributed by atoms with Crippen molar-refractivity contribution < 1.29 is 32.0 Å². The van der Waals surface area contributed by atoms with Gasteiger partial charge in [0.1, 0.15) is 11.4 Å². The second-order valence-corrected chi connectivity index (χ2v) is 9.61. The normalized spacial score (nSPS) is 22.6. The van der Waals surface area contributed by atoms with Gasteiger partial charge in [-0.05, 0) is 56.2 Å². The second kappa shape index (κ2) is 11.9. The third-order valence-electron chi connectivity index (χ3n) is 6.84. The van der Waals surface area contributed by atoms with Crippen molar-refractivity contribution in [2.75, 3.05) is 32.8 Å². The molecule has 1 aliphatic heterocycles. The number of halogens is 3. The number of nitrogens with one attached hydrogen (secondary N) is 1. The Labute approximate surface area is 208 Å². The summed E-state index contributed by atoms with van der Waals surface area (Å²) in [7, 11) is 0. The molecule has 0 radical (unpaired) electrons. The Kier molecular flexibility index (Phi) is 8.71. The van der Waals surface area contributed by atoms with Gasteiger partial charge in [-0.2, -0.15) is 0 Å². The summed E-state index contributed by atoms with van der Waals surface area (Å²) in [5.74, 6) is 0.827. The molecule has 2 aliphatic rings. The molecule has 0 atom stereocenters. The molecule has 4 rings (SSSR count). The fraction of sp³-hybridized carbons (Fsp3) is 0.640. The Morgan fingerprint density at radius 3 is 2.72 bits per heavy atom. The molecule has 1 saturated carbocycles. The highest BCUT2D eigenvalue weighted by Gasteiger charge is 2.36. The average Bonchev–Trinajstić information content (AvgIpc) is 3.17. The maximum Gasteiger partial charge on any atom is 0.272 e. The lowest BCUT2D eigenvalue weighted by Gasteiger charge is -2.35. The smallest absolute Gasteiger partial charge is 0.272 e. The van der Waals surface area contributed by atoms with Gasteiger partial charge < -0.3 is 24.2 Å². The number of alkyl halides is 3. The maximum absolute atomic E-state index is 15.5. The van der Waals surface area contributed by atoms with E-state index in [1.807, 2.05) is 6.07 Å². The number of hydrogen-bond donors (Lipinski definition) is 1. The molecule has 36 heavy (non-hydrogen) atoms. The summed E-state index contributed by atoms with van der Waals surface area (Å²) >= 11 is 0. The number of carbonyl (C=O) groups is 1. The topological polar surface area (TPSA) is 89.7 Å². The van der Waals surface area contributed by atoms with Crippen molar-refractivity contribution in [3.63, 3.8) is 0 Å². The van der Waals surface area contributed by atoms with Gasteiger partial charge in [0.15, 0.2) is 13.2 Å². The summed E-state index contributed by atoms with van der Waals surface area (Å²) in [6, 6.07) is 5.06. The van der Waals surface area contributed by atoms with Gasteiger partial charge in [-0.15, -0.1) is 0 Å². The van der Waals surface area contributed by atoms with Crippen LogP contribution in [0.15, 0.2) is 22.7 Å². The number of carbonyl (C=O) groups excluding carboxylic acids is 1. The lowest BCUT2D eigenvalue weighted by molar-refractivity contribution is -0.124. The molecule has 0 saturated heterocycles. The molecule has 1 fully saturated rings. The van der Waals surface area contributed by atoms with Crippen molar-refractivity contribution in [3.05, 3.63) is 35.2 Å². The highest BCUT2D eigenvalue weighted by atomic mass is 19.3. The highest BCUT2D eigenvalue weighted by Crippen LogP contribution is 2.35. The van der Waals surface area contributed by atoms with Crippen molar-refractivity contribution in [1.29, 1.82) is 0 Å². The first-order chi connectivity index (χ1) is 17.3. The quantitative estimate of drug-likeness (QED) is 0.522.